The molecule has 0 aromatic rings. The van der Waals surface area contributed by atoms with Crippen LogP contribution in [0.15, 0.2) is 11.3 Å². The molecule has 0 atom stereocenters. The third kappa shape index (κ3) is 4.89. The first-order chi connectivity index (χ1) is 11.9. The van der Waals surface area contributed by atoms with E-state index >= 15 is 4.39 Å². The third-order valence-electron chi connectivity index (χ3n) is 6.28. The summed E-state index contributed by atoms with van der Waals surface area (Å²) in [5.74, 6) is 0.589. The van der Waals surface area contributed by atoms with E-state index < -0.39 is 18.3 Å². The van der Waals surface area contributed by atoms with Gasteiger partial charge in [-0.25, -0.2) is 4.39 Å². The fraction of sp³-hybridized carbons (Fsp3) is 0.900. The molecule has 2 saturated heterocycles. The van der Waals surface area contributed by atoms with Crippen molar-refractivity contribution in [1.29, 1.82) is 0 Å². The van der Waals surface area contributed by atoms with Crippen LogP contribution >= 0.6 is 0 Å². The molecular weight excluding hydrogens is 332 g/mol. The van der Waals surface area contributed by atoms with Gasteiger partial charge >= 0.3 is 7.12 Å². The zero-order valence-corrected chi connectivity index (χ0v) is 17.7. The van der Waals surface area contributed by atoms with E-state index in [-0.39, 0.29) is 17.7 Å². The van der Waals surface area contributed by atoms with Crippen molar-refractivity contribution < 1.29 is 18.8 Å². The van der Waals surface area contributed by atoms with Crippen molar-refractivity contribution in [2.24, 2.45) is 11.3 Å². The Morgan fingerprint density at radius 3 is 2.04 bits per heavy atom. The number of rotatable bonds is 5. The number of aliphatic hydroxyl groups excluding tert-OH is 1. The fourth-order valence-electron chi connectivity index (χ4n) is 3.60. The van der Waals surface area contributed by atoms with E-state index in [0.29, 0.717) is 12.5 Å². The number of hydrogen-bond acceptors (Lipinski definition) is 4. The fourth-order valence-corrected chi connectivity index (χ4v) is 3.60. The van der Waals surface area contributed by atoms with Gasteiger partial charge in [-0.3, -0.25) is 4.90 Å². The van der Waals surface area contributed by atoms with Crippen LogP contribution in [0, 0.1) is 11.3 Å². The molecule has 4 nitrogen and oxygen atoms in total. The molecular formula is C20H37BFNO3. The predicted octanol–water partition coefficient (Wildman–Crippen LogP) is 3.98. The lowest BCUT2D eigenvalue weighted by Gasteiger charge is -2.35. The van der Waals surface area contributed by atoms with Crippen molar-refractivity contribution in [3.63, 3.8) is 0 Å². The summed E-state index contributed by atoms with van der Waals surface area (Å²) < 4.78 is 27.4. The number of aliphatic hydroxyl groups is 1. The Morgan fingerprint density at radius 1 is 1.12 bits per heavy atom. The maximum absolute atomic E-state index is 15.5. The third-order valence-corrected chi connectivity index (χ3v) is 6.28. The highest BCUT2D eigenvalue weighted by Crippen LogP contribution is 2.41. The Bertz CT molecular complexity index is 504. The Hall–Kier alpha value is -0.425. The van der Waals surface area contributed by atoms with Gasteiger partial charge in [0.2, 0.25) is 0 Å². The van der Waals surface area contributed by atoms with Crippen molar-refractivity contribution in [3.05, 3.63) is 11.3 Å². The molecule has 2 aliphatic rings. The first kappa shape index (κ1) is 21.9. The molecule has 0 saturated carbocycles. The standard InChI is InChI=1S/C20H37BFNO3/c1-18(2,3)16(14-23-11-8-15(9-12-23)10-13-24)17(22)21-25-19(4,5)20(6,7)26-21/h15,24H,8-14H2,1-7H3. The van der Waals surface area contributed by atoms with Crippen LogP contribution in [-0.4, -0.2) is 54.6 Å². The van der Waals surface area contributed by atoms with Crippen LogP contribution in [0.3, 0.4) is 0 Å². The van der Waals surface area contributed by atoms with Crippen LogP contribution in [0.2, 0.25) is 0 Å². The summed E-state index contributed by atoms with van der Waals surface area (Å²) in [4.78, 5) is 2.32. The summed E-state index contributed by atoms with van der Waals surface area (Å²) >= 11 is 0. The lowest BCUT2D eigenvalue weighted by atomic mass is 9.75. The van der Waals surface area contributed by atoms with Crippen LogP contribution < -0.4 is 0 Å². The van der Waals surface area contributed by atoms with E-state index in [4.69, 9.17) is 14.4 Å². The largest absolute Gasteiger partial charge is 0.525 e. The molecule has 150 valence electrons. The number of piperidine rings is 1. The van der Waals surface area contributed by atoms with Crippen molar-refractivity contribution in [2.75, 3.05) is 26.2 Å². The van der Waals surface area contributed by atoms with Gasteiger partial charge in [-0.05, 0) is 77.0 Å². The molecule has 2 rings (SSSR count). The molecule has 2 aliphatic heterocycles. The number of halogens is 1. The average Bonchev–Trinajstić information content (AvgIpc) is 2.73. The number of likely N-dealkylation sites (tertiary alicyclic amines) is 1. The summed E-state index contributed by atoms with van der Waals surface area (Å²) in [6, 6.07) is 0. The molecule has 0 unspecified atom stereocenters. The SMILES string of the molecule is CC(C)(C)C(CN1CCC(CCO)CC1)=C(F)B1OC(C)(C)C(C)(C)O1. The van der Waals surface area contributed by atoms with Gasteiger partial charge in [-0.1, -0.05) is 20.8 Å². The van der Waals surface area contributed by atoms with E-state index in [1.54, 1.807) is 0 Å². The highest BCUT2D eigenvalue weighted by molar-refractivity contribution is 6.53. The summed E-state index contributed by atoms with van der Waals surface area (Å²) in [7, 11) is -0.929. The second-order valence-corrected chi connectivity index (χ2v) is 9.90. The van der Waals surface area contributed by atoms with Gasteiger partial charge in [0.15, 0.2) is 0 Å². The maximum atomic E-state index is 15.5. The summed E-state index contributed by atoms with van der Waals surface area (Å²) in [6.07, 6.45) is 3.00. The van der Waals surface area contributed by atoms with Gasteiger partial charge < -0.3 is 14.4 Å². The predicted molar refractivity (Wildman–Crippen MR) is 105 cm³/mol. The van der Waals surface area contributed by atoms with Crippen LogP contribution in [0.5, 0.6) is 0 Å². The second kappa shape index (κ2) is 7.90. The quantitative estimate of drug-likeness (QED) is 0.745. The van der Waals surface area contributed by atoms with E-state index in [2.05, 4.69) is 4.90 Å². The van der Waals surface area contributed by atoms with Crippen LogP contribution in [0.25, 0.3) is 0 Å². The lowest BCUT2D eigenvalue weighted by Crippen LogP contribution is -2.41. The Labute approximate surface area is 159 Å². The van der Waals surface area contributed by atoms with Gasteiger partial charge in [-0.2, -0.15) is 0 Å². The van der Waals surface area contributed by atoms with Gasteiger partial charge in [0.1, 0.15) is 5.73 Å². The molecule has 6 heteroatoms. The van der Waals surface area contributed by atoms with Crippen LogP contribution in [0.4, 0.5) is 4.39 Å². The summed E-state index contributed by atoms with van der Waals surface area (Å²) in [5, 5.41) is 9.12. The summed E-state index contributed by atoms with van der Waals surface area (Å²) in [6.45, 7) is 16.7. The monoisotopic (exact) mass is 369 g/mol. The minimum atomic E-state index is -0.929. The Morgan fingerprint density at radius 2 is 1.62 bits per heavy atom. The molecule has 0 aliphatic carbocycles. The van der Waals surface area contributed by atoms with E-state index in [1.165, 1.54) is 0 Å². The first-order valence-corrected chi connectivity index (χ1v) is 9.95. The van der Waals surface area contributed by atoms with Gasteiger partial charge in [0.05, 0.1) is 11.2 Å². The number of hydrogen-bond donors (Lipinski definition) is 1. The van der Waals surface area contributed by atoms with Crippen molar-refractivity contribution in [3.8, 4) is 0 Å². The average molecular weight is 369 g/mol. The van der Waals surface area contributed by atoms with Gasteiger partial charge in [0.25, 0.3) is 0 Å². The highest BCUT2D eigenvalue weighted by atomic mass is 19.1. The number of nitrogens with zero attached hydrogens (tertiary/aromatic N) is 1. The molecule has 2 heterocycles. The summed E-state index contributed by atoms with van der Waals surface area (Å²) in [5.41, 5.74) is -0.887. The van der Waals surface area contributed by atoms with Crippen molar-refractivity contribution in [2.45, 2.75) is 78.9 Å². The Balaban J connectivity index is 2.14. The minimum Gasteiger partial charge on any atom is -0.398 e. The minimum absolute atomic E-state index is 0.258. The Kier molecular flexibility index (Phi) is 6.65. The zero-order valence-electron chi connectivity index (χ0n) is 17.7. The van der Waals surface area contributed by atoms with Crippen LogP contribution in [-0.2, 0) is 9.31 Å². The topological polar surface area (TPSA) is 41.9 Å². The second-order valence-electron chi connectivity index (χ2n) is 9.90. The maximum Gasteiger partial charge on any atom is 0.525 e. The molecule has 0 aromatic heterocycles. The smallest absolute Gasteiger partial charge is 0.398 e. The molecule has 26 heavy (non-hydrogen) atoms. The van der Waals surface area contributed by atoms with E-state index in [9.17, 15) is 0 Å². The molecule has 2 fully saturated rings. The normalized spacial score (nSPS) is 25.5. The molecule has 0 aromatic carbocycles. The molecule has 1 N–H and O–H groups in total. The molecule has 0 bridgehead atoms. The lowest BCUT2D eigenvalue weighted by molar-refractivity contribution is 0.00578. The molecule has 0 amide bonds. The molecule has 0 radical (unpaired) electrons. The van der Waals surface area contributed by atoms with E-state index in [0.717, 1.165) is 37.9 Å². The van der Waals surface area contributed by atoms with Crippen LogP contribution in [0.1, 0.15) is 67.7 Å². The highest BCUT2D eigenvalue weighted by Gasteiger charge is 2.54. The zero-order chi connectivity index (χ0) is 19.8. The van der Waals surface area contributed by atoms with E-state index in [1.807, 2.05) is 48.5 Å². The van der Waals surface area contributed by atoms with Crippen molar-refractivity contribution >= 4 is 7.12 Å². The molecule has 0 spiro atoms. The van der Waals surface area contributed by atoms with Gasteiger partial charge in [0, 0.05) is 13.2 Å². The first-order valence-electron chi connectivity index (χ1n) is 9.95. The van der Waals surface area contributed by atoms with Gasteiger partial charge in [-0.15, -0.1) is 0 Å². The van der Waals surface area contributed by atoms with Crippen molar-refractivity contribution in [1.82, 2.24) is 4.90 Å².